The molecule has 1 atom stereocenters. The third kappa shape index (κ3) is 4.01. The van der Waals surface area contributed by atoms with E-state index >= 15 is 0 Å². The predicted molar refractivity (Wildman–Crippen MR) is 111 cm³/mol. The fraction of sp³-hybridized carbons (Fsp3) is 0.300. The Morgan fingerprint density at radius 3 is 2.89 bits per heavy atom. The Labute approximate surface area is 168 Å². The second-order valence-corrected chi connectivity index (χ2v) is 7.51. The SMILES string of the molecule is CSc1ccccc1NC(=O)[C@@H]1CCCN(c2cc(-n3cccn3)ncn2)C1. The van der Waals surface area contributed by atoms with Crippen molar-refractivity contribution in [3.63, 3.8) is 0 Å². The van der Waals surface area contributed by atoms with Crippen LogP contribution in [0.3, 0.4) is 0 Å². The molecule has 2 aromatic heterocycles. The molecule has 1 aromatic carbocycles. The van der Waals surface area contributed by atoms with Crippen LogP contribution in [0.2, 0.25) is 0 Å². The number of piperidine rings is 1. The summed E-state index contributed by atoms with van der Waals surface area (Å²) in [6.45, 7) is 1.52. The lowest BCUT2D eigenvalue weighted by Gasteiger charge is -2.33. The Kier molecular flexibility index (Phi) is 5.57. The molecule has 0 spiro atoms. The molecule has 0 unspecified atom stereocenters. The van der Waals surface area contributed by atoms with Crippen LogP contribution in [0.15, 0.2) is 60.0 Å². The maximum atomic E-state index is 12.9. The quantitative estimate of drug-likeness (QED) is 0.670. The Balaban J connectivity index is 1.47. The van der Waals surface area contributed by atoms with Crippen LogP contribution in [0.5, 0.6) is 0 Å². The summed E-state index contributed by atoms with van der Waals surface area (Å²) in [5.41, 5.74) is 0.875. The molecule has 1 N–H and O–H groups in total. The highest BCUT2D eigenvalue weighted by atomic mass is 32.2. The molecule has 3 aromatic rings. The average molecular weight is 395 g/mol. The summed E-state index contributed by atoms with van der Waals surface area (Å²) in [6.07, 6.45) is 8.95. The smallest absolute Gasteiger partial charge is 0.229 e. The van der Waals surface area contributed by atoms with Crippen molar-refractivity contribution in [2.75, 3.05) is 29.6 Å². The molecule has 8 heteroatoms. The van der Waals surface area contributed by atoms with E-state index in [0.29, 0.717) is 6.54 Å². The van der Waals surface area contributed by atoms with E-state index in [2.05, 4.69) is 25.3 Å². The van der Waals surface area contributed by atoms with Crippen LogP contribution in [0, 0.1) is 5.92 Å². The Morgan fingerprint density at radius 2 is 2.07 bits per heavy atom. The highest BCUT2D eigenvalue weighted by Crippen LogP contribution is 2.27. The van der Waals surface area contributed by atoms with Gasteiger partial charge in [-0.2, -0.15) is 5.10 Å². The molecule has 1 aliphatic heterocycles. The molecule has 1 amide bonds. The summed E-state index contributed by atoms with van der Waals surface area (Å²) in [7, 11) is 0. The molecule has 4 rings (SSSR count). The zero-order chi connectivity index (χ0) is 19.3. The van der Waals surface area contributed by atoms with E-state index in [1.807, 2.05) is 48.9 Å². The zero-order valence-corrected chi connectivity index (χ0v) is 16.5. The molecule has 1 aliphatic rings. The highest BCUT2D eigenvalue weighted by molar-refractivity contribution is 7.98. The number of hydrogen-bond donors (Lipinski definition) is 1. The minimum Gasteiger partial charge on any atom is -0.356 e. The molecule has 3 heterocycles. The van der Waals surface area contributed by atoms with Crippen LogP contribution in [0.1, 0.15) is 12.8 Å². The summed E-state index contributed by atoms with van der Waals surface area (Å²) < 4.78 is 1.71. The van der Waals surface area contributed by atoms with Gasteiger partial charge in [0.2, 0.25) is 5.91 Å². The molecule has 1 saturated heterocycles. The van der Waals surface area contributed by atoms with Gasteiger partial charge in [0.25, 0.3) is 0 Å². The highest BCUT2D eigenvalue weighted by Gasteiger charge is 2.27. The lowest BCUT2D eigenvalue weighted by molar-refractivity contribution is -0.120. The number of nitrogens with one attached hydrogen (secondary N) is 1. The van der Waals surface area contributed by atoms with Crippen LogP contribution in [0.4, 0.5) is 11.5 Å². The lowest BCUT2D eigenvalue weighted by atomic mass is 9.97. The molecule has 7 nitrogen and oxygen atoms in total. The van der Waals surface area contributed by atoms with Crippen LogP contribution in [-0.2, 0) is 4.79 Å². The van der Waals surface area contributed by atoms with Gasteiger partial charge < -0.3 is 10.2 Å². The normalized spacial score (nSPS) is 16.8. The van der Waals surface area contributed by atoms with Crippen molar-refractivity contribution < 1.29 is 4.79 Å². The fourth-order valence-electron chi connectivity index (χ4n) is 3.42. The first-order valence-electron chi connectivity index (χ1n) is 9.25. The molecule has 144 valence electrons. The number of hydrogen-bond acceptors (Lipinski definition) is 6. The van der Waals surface area contributed by atoms with E-state index in [1.165, 1.54) is 0 Å². The molecule has 1 fully saturated rings. The van der Waals surface area contributed by atoms with Crippen molar-refractivity contribution in [1.29, 1.82) is 0 Å². The maximum Gasteiger partial charge on any atom is 0.229 e. The van der Waals surface area contributed by atoms with E-state index in [9.17, 15) is 4.79 Å². The summed E-state index contributed by atoms with van der Waals surface area (Å²) in [4.78, 5) is 24.8. The van der Waals surface area contributed by atoms with Crippen molar-refractivity contribution >= 4 is 29.2 Å². The minimum absolute atomic E-state index is 0.0626. The van der Waals surface area contributed by atoms with Crippen LogP contribution >= 0.6 is 11.8 Å². The number of anilines is 2. The van der Waals surface area contributed by atoms with Gasteiger partial charge in [0.05, 0.1) is 11.6 Å². The van der Waals surface area contributed by atoms with Gasteiger partial charge in [-0.05, 0) is 37.3 Å². The van der Waals surface area contributed by atoms with E-state index in [-0.39, 0.29) is 11.8 Å². The van der Waals surface area contributed by atoms with Crippen molar-refractivity contribution in [2.24, 2.45) is 5.92 Å². The second kappa shape index (κ2) is 8.43. The summed E-state index contributed by atoms with van der Waals surface area (Å²) in [5.74, 6) is 1.53. The van der Waals surface area contributed by atoms with Gasteiger partial charge in [0, 0.05) is 36.4 Å². The average Bonchev–Trinajstić information content (AvgIpc) is 3.29. The Hall–Kier alpha value is -2.87. The van der Waals surface area contributed by atoms with Crippen molar-refractivity contribution in [3.05, 3.63) is 55.1 Å². The summed E-state index contributed by atoms with van der Waals surface area (Å²) in [6, 6.07) is 11.7. The number of carbonyl (C=O) groups excluding carboxylic acids is 1. The molecule has 28 heavy (non-hydrogen) atoms. The minimum atomic E-state index is -0.0771. The van der Waals surface area contributed by atoms with Gasteiger partial charge in [-0.3, -0.25) is 4.79 Å². The molecule has 0 saturated carbocycles. The molecule has 0 radical (unpaired) electrons. The summed E-state index contributed by atoms with van der Waals surface area (Å²) >= 11 is 1.63. The summed E-state index contributed by atoms with van der Waals surface area (Å²) in [5, 5.41) is 7.32. The third-order valence-electron chi connectivity index (χ3n) is 4.86. The van der Waals surface area contributed by atoms with Gasteiger partial charge >= 0.3 is 0 Å². The van der Waals surface area contributed by atoms with E-state index in [0.717, 1.165) is 41.6 Å². The van der Waals surface area contributed by atoms with Gasteiger partial charge in [-0.15, -0.1) is 11.8 Å². The number of thioether (sulfide) groups is 1. The number of amides is 1. The van der Waals surface area contributed by atoms with Crippen LogP contribution < -0.4 is 10.2 Å². The Bertz CT molecular complexity index is 945. The number of carbonyl (C=O) groups is 1. The van der Waals surface area contributed by atoms with Gasteiger partial charge in [0.15, 0.2) is 5.82 Å². The largest absolute Gasteiger partial charge is 0.356 e. The molecule has 0 bridgehead atoms. The number of aromatic nitrogens is 4. The molecular weight excluding hydrogens is 372 g/mol. The fourth-order valence-corrected chi connectivity index (χ4v) is 3.98. The number of nitrogens with zero attached hydrogens (tertiary/aromatic N) is 5. The van der Waals surface area contributed by atoms with Gasteiger partial charge in [0.1, 0.15) is 12.1 Å². The van der Waals surface area contributed by atoms with Crippen LogP contribution in [0.25, 0.3) is 5.82 Å². The maximum absolute atomic E-state index is 12.9. The molecule has 0 aliphatic carbocycles. The Morgan fingerprint density at radius 1 is 1.21 bits per heavy atom. The first-order chi connectivity index (χ1) is 13.7. The van der Waals surface area contributed by atoms with E-state index < -0.39 is 0 Å². The van der Waals surface area contributed by atoms with Crippen molar-refractivity contribution in [3.8, 4) is 5.82 Å². The van der Waals surface area contributed by atoms with Gasteiger partial charge in [-0.25, -0.2) is 14.6 Å². The third-order valence-corrected chi connectivity index (χ3v) is 5.65. The first-order valence-corrected chi connectivity index (χ1v) is 10.5. The second-order valence-electron chi connectivity index (χ2n) is 6.66. The lowest BCUT2D eigenvalue weighted by Crippen LogP contribution is -2.41. The predicted octanol–water partition coefficient (Wildman–Crippen LogP) is 3.24. The number of rotatable bonds is 5. The van der Waals surface area contributed by atoms with Crippen molar-refractivity contribution in [2.45, 2.75) is 17.7 Å². The van der Waals surface area contributed by atoms with E-state index in [4.69, 9.17) is 0 Å². The number of para-hydroxylation sites is 1. The zero-order valence-electron chi connectivity index (χ0n) is 15.7. The monoisotopic (exact) mass is 394 g/mol. The first kappa shape index (κ1) is 18.5. The van der Waals surface area contributed by atoms with Gasteiger partial charge in [-0.1, -0.05) is 12.1 Å². The number of benzene rings is 1. The van der Waals surface area contributed by atoms with E-state index in [1.54, 1.807) is 29.0 Å². The van der Waals surface area contributed by atoms with Crippen molar-refractivity contribution in [1.82, 2.24) is 19.7 Å². The standard InChI is InChI=1S/C20H22N6OS/c1-28-17-8-3-2-7-16(17)24-20(27)15-6-4-10-25(13-15)18-12-19(22-14-21-18)26-11-5-9-23-26/h2-3,5,7-9,11-12,14-15H,4,6,10,13H2,1H3,(H,24,27)/t15-/m1/s1. The van der Waals surface area contributed by atoms with Crippen LogP contribution in [-0.4, -0.2) is 45.0 Å². The molecular formula is C20H22N6OS. The topological polar surface area (TPSA) is 75.9 Å².